The van der Waals surface area contributed by atoms with Crippen LogP contribution in [0.1, 0.15) is 17.3 Å². The summed E-state index contributed by atoms with van der Waals surface area (Å²) in [5.74, 6) is 0.112. The number of benzene rings is 2. The van der Waals surface area contributed by atoms with Gasteiger partial charge in [0.1, 0.15) is 0 Å². The summed E-state index contributed by atoms with van der Waals surface area (Å²) in [7, 11) is 3.91. The first-order valence-corrected chi connectivity index (χ1v) is 5.31. The van der Waals surface area contributed by atoms with Gasteiger partial charge >= 0.3 is 0 Å². The smallest absolute Gasteiger partial charge is 0.162 e. The highest BCUT2D eigenvalue weighted by atomic mass is 16.1. The Balaban J connectivity index is 2.84. The Morgan fingerprint density at radius 2 is 1.75 bits per heavy atom. The summed E-state index contributed by atoms with van der Waals surface area (Å²) in [5, 5.41) is 2.14. The Bertz CT molecular complexity index is 543. The second kappa shape index (κ2) is 3.97. The van der Waals surface area contributed by atoms with Gasteiger partial charge in [0.05, 0.1) is 0 Å². The van der Waals surface area contributed by atoms with Gasteiger partial charge in [-0.15, -0.1) is 0 Å². The highest BCUT2D eigenvalue weighted by molar-refractivity contribution is 6.11. The molecule has 0 unspecified atom stereocenters. The predicted molar refractivity (Wildman–Crippen MR) is 68.3 cm³/mol. The minimum Gasteiger partial charge on any atom is -0.377 e. The zero-order chi connectivity index (χ0) is 11.7. The zero-order valence-electron chi connectivity index (χ0n) is 9.82. The number of Topliss-reactive ketones (excluding diaryl/α,β-unsaturated/α-hetero) is 1. The zero-order valence-corrected chi connectivity index (χ0v) is 9.82. The number of fused-ring (bicyclic) bond motifs is 1. The normalized spacial score (nSPS) is 10.4. The Morgan fingerprint density at radius 3 is 2.38 bits per heavy atom. The number of carbonyl (C=O) groups is 1. The van der Waals surface area contributed by atoms with Crippen molar-refractivity contribution >= 4 is 22.2 Å². The monoisotopic (exact) mass is 213 g/mol. The number of hydrogen-bond donors (Lipinski definition) is 0. The van der Waals surface area contributed by atoms with E-state index >= 15 is 0 Å². The summed E-state index contributed by atoms with van der Waals surface area (Å²) < 4.78 is 0. The van der Waals surface area contributed by atoms with Crippen LogP contribution in [-0.4, -0.2) is 19.9 Å². The van der Waals surface area contributed by atoms with Crippen LogP contribution in [-0.2, 0) is 0 Å². The molecule has 0 atom stereocenters. The van der Waals surface area contributed by atoms with Crippen molar-refractivity contribution in [3.8, 4) is 0 Å². The van der Waals surface area contributed by atoms with Gasteiger partial charge in [0.25, 0.3) is 0 Å². The third-order valence-corrected chi connectivity index (χ3v) is 2.74. The molecule has 2 rings (SSSR count). The van der Waals surface area contributed by atoms with E-state index in [1.165, 1.54) is 0 Å². The van der Waals surface area contributed by atoms with Crippen molar-refractivity contribution in [3.63, 3.8) is 0 Å². The van der Waals surface area contributed by atoms with Crippen molar-refractivity contribution in [2.75, 3.05) is 19.0 Å². The van der Waals surface area contributed by atoms with Gasteiger partial charge in [-0.05, 0) is 23.8 Å². The molecule has 2 nitrogen and oxygen atoms in total. The number of anilines is 1. The average Bonchev–Trinajstić information content (AvgIpc) is 2.27. The lowest BCUT2D eigenvalue weighted by Crippen LogP contribution is -2.13. The molecule has 2 aromatic rings. The number of nitrogens with zero attached hydrogens (tertiary/aromatic N) is 1. The van der Waals surface area contributed by atoms with Crippen LogP contribution in [0.25, 0.3) is 10.8 Å². The van der Waals surface area contributed by atoms with Crippen molar-refractivity contribution in [1.82, 2.24) is 0 Å². The third kappa shape index (κ3) is 1.67. The van der Waals surface area contributed by atoms with E-state index in [9.17, 15) is 4.79 Å². The highest BCUT2D eigenvalue weighted by Crippen LogP contribution is 2.28. The molecule has 0 N–H and O–H groups in total. The molecule has 0 spiro atoms. The first-order valence-electron chi connectivity index (χ1n) is 5.31. The maximum atomic E-state index is 11.8. The first kappa shape index (κ1) is 10.7. The standard InChI is InChI=1S/C14H15NO/c1-10(16)14-12-7-5-4-6-11(12)8-9-13(14)15(2)3/h4-9H,1-3H3. The molecule has 0 aliphatic carbocycles. The predicted octanol–water partition coefficient (Wildman–Crippen LogP) is 3.11. The van der Waals surface area contributed by atoms with E-state index in [-0.39, 0.29) is 5.78 Å². The van der Waals surface area contributed by atoms with Gasteiger partial charge in [-0.3, -0.25) is 4.79 Å². The SMILES string of the molecule is CC(=O)c1c(N(C)C)ccc2ccccc12. The van der Waals surface area contributed by atoms with Crippen LogP contribution in [0, 0.1) is 0 Å². The molecule has 0 fully saturated rings. The second-order valence-electron chi connectivity index (χ2n) is 4.13. The van der Waals surface area contributed by atoms with Gasteiger partial charge < -0.3 is 4.90 Å². The van der Waals surface area contributed by atoms with Crippen LogP contribution in [0.2, 0.25) is 0 Å². The Hall–Kier alpha value is -1.83. The second-order valence-corrected chi connectivity index (χ2v) is 4.13. The molecule has 0 aliphatic heterocycles. The molecule has 0 heterocycles. The molecule has 2 aromatic carbocycles. The summed E-state index contributed by atoms with van der Waals surface area (Å²) >= 11 is 0. The minimum atomic E-state index is 0.112. The summed E-state index contributed by atoms with van der Waals surface area (Å²) in [5.41, 5.74) is 1.79. The third-order valence-electron chi connectivity index (χ3n) is 2.74. The van der Waals surface area contributed by atoms with E-state index in [4.69, 9.17) is 0 Å². The molecular formula is C14H15NO. The molecule has 0 saturated carbocycles. The topological polar surface area (TPSA) is 20.3 Å². The first-order chi connectivity index (χ1) is 7.61. The van der Waals surface area contributed by atoms with E-state index < -0.39 is 0 Å². The average molecular weight is 213 g/mol. The molecule has 0 amide bonds. The molecule has 0 aliphatic rings. The minimum absolute atomic E-state index is 0.112. The van der Waals surface area contributed by atoms with Gasteiger partial charge in [0.2, 0.25) is 0 Å². The van der Waals surface area contributed by atoms with Crippen molar-refractivity contribution in [1.29, 1.82) is 0 Å². The number of carbonyl (C=O) groups excluding carboxylic acids is 1. The van der Waals surface area contributed by atoms with Gasteiger partial charge in [0, 0.05) is 25.3 Å². The largest absolute Gasteiger partial charge is 0.377 e. The fraction of sp³-hybridized carbons (Fsp3) is 0.214. The van der Waals surface area contributed by atoms with E-state index in [2.05, 4.69) is 6.07 Å². The van der Waals surface area contributed by atoms with Crippen molar-refractivity contribution in [2.45, 2.75) is 6.92 Å². The van der Waals surface area contributed by atoms with Gasteiger partial charge in [-0.1, -0.05) is 30.3 Å². The molecular weight excluding hydrogens is 198 g/mol. The lowest BCUT2D eigenvalue weighted by Gasteiger charge is -2.17. The molecule has 0 saturated heterocycles. The summed E-state index contributed by atoms with van der Waals surface area (Å²) in [6.45, 7) is 1.62. The van der Waals surface area contributed by atoms with Crippen molar-refractivity contribution in [3.05, 3.63) is 42.0 Å². The number of rotatable bonds is 2. The van der Waals surface area contributed by atoms with E-state index in [1.807, 2.05) is 49.3 Å². The lowest BCUT2D eigenvalue weighted by atomic mass is 9.99. The molecule has 16 heavy (non-hydrogen) atoms. The molecule has 0 aromatic heterocycles. The summed E-state index contributed by atoms with van der Waals surface area (Å²) in [6.07, 6.45) is 0. The van der Waals surface area contributed by atoms with Crippen LogP contribution in [0.5, 0.6) is 0 Å². The summed E-state index contributed by atoms with van der Waals surface area (Å²) in [6, 6.07) is 12.0. The molecule has 0 radical (unpaired) electrons. The van der Waals surface area contributed by atoms with Gasteiger partial charge in [0.15, 0.2) is 5.78 Å². The molecule has 82 valence electrons. The Labute approximate surface area is 95.5 Å². The molecule has 0 bridgehead atoms. The van der Waals surface area contributed by atoms with Gasteiger partial charge in [-0.2, -0.15) is 0 Å². The van der Waals surface area contributed by atoms with Crippen LogP contribution >= 0.6 is 0 Å². The summed E-state index contributed by atoms with van der Waals surface area (Å²) in [4.78, 5) is 13.7. The Morgan fingerprint density at radius 1 is 1.06 bits per heavy atom. The number of hydrogen-bond acceptors (Lipinski definition) is 2. The van der Waals surface area contributed by atoms with Crippen LogP contribution < -0.4 is 4.90 Å². The quantitative estimate of drug-likeness (QED) is 0.714. The maximum Gasteiger partial charge on any atom is 0.162 e. The lowest BCUT2D eigenvalue weighted by molar-refractivity contribution is 0.101. The fourth-order valence-electron chi connectivity index (χ4n) is 2.00. The van der Waals surface area contributed by atoms with Crippen molar-refractivity contribution < 1.29 is 4.79 Å². The van der Waals surface area contributed by atoms with E-state index in [1.54, 1.807) is 6.92 Å². The van der Waals surface area contributed by atoms with Crippen LogP contribution in [0.4, 0.5) is 5.69 Å². The molecule has 2 heteroatoms. The highest BCUT2D eigenvalue weighted by Gasteiger charge is 2.12. The van der Waals surface area contributed by atoms with E-state index in [0.29, 0.717) is 0 Å². The maximum absolute atomic E-state index is 11.8. The van der Waals surface area contributed by atoms with Crippen molar-refractivity contribution in [2.24, 2.45) is 0 Å². The van der Waals surface area contributed by atoms with E-state index in [0.717, 1.165) is 22.0 Å². The number of ketones is 1. The van der Waals surface area contributed by atoms with Gasteiger partial charge in [-0.25, -0.2) is 0 Å². The Kier molecular flexibility index (Phi) is 2.65. The van der Waals surface area contributed by atoms with Crippen LogP contribution in [0.3, 0.4) is 0 Å². The van der Waals surface area contributed by atoms with Crippen LogP contribution in [0.15, 0.2) is 36.4 Å². The fourth-order valence-corrected chi connectivity index (χ4v) is 2.00.